The van der Waals surface area contributed by atoms with E-state index in [9.17, 15) is 4.79 Å². The zero-order valence-corrected chi connectivity index (χ0v) is 18.9. The molecule has 1 amide bonds. The second-order valence-electron chi connectivity index (χ2n) is 7.25. The molecule has 0 fully saturated rings. The van der Waals surface area contributed by atoms with Crippen LogP contribution in [0.3, 0.4) is 0 Å². The fourth-order valence-corrected chi connectivity index (χ4v) is 3.58. The van der Waals surface area contributed by atoms with Gasteiger partial charge >= 0.3 is 0 Å². The van der Waals surface area contributed by atoms with E-state index in [0.717, 1.165) is 5.56 Å². The first kappa shape index (κ1) is 22.4. The third-order valence-electron chi connectivity index (χ3n) is 5.06. The lowest BCUT2D eigenvalue weighted by Crippen LogP contribution is -2.30. The van der Waals surface area contributed by atoms with Crippen molar-refractivity contribution in [2.45, 2.75) is 12.5 Å². The third kappa shape index (κ3) is 5.32. The molecule has 1 N–H and O–H groups in total. The molecule has 0 aliphatic carbocycles. The van der Waals surface area contributed by atoms with Crippen LogP contribution >= 0.6 is 11.6 Å². The Morgan fingerprint density at radius 3 is 2.33 bits per heavy atom. The SMILES string of the molecule is COc1cc(OC)cc(-c2noc([C@H](Cc3ccccc3)NC(=O)c3ccccc3Cl)n2)c1. The Morgan fingerprint density at radius 2 is 1.67 bits per heavy atom. The van der Waals surface area contributed by atoms with Crippen LogP contribution in [0.25, 0.3) is 11.4 Å². The largest absolute Gasteiger partial charge is 0.497 e. The predicted molar refractivity (Wildman–Crippen MR) is 125 cm³/mol. The molecule has 0 unspecified atom stereocenters. The average molecular weight is 464 g/mol. The van der Waals surface area contributed by atoms with Gasteiger partial charge in [0.2, 0.25) is 11.7 Å². The molecule has 0 radical (unpaired) electrons. The molecule has 0 saturated heterocycles. The summed E-state index contributed by atoms with van der Waals surface area (Å²) in [5.74, 6) is 1.50. The molecule has 33 heavy (non-hydrogen) atoms. The first-order valence-electron chi connectivity index (χ1n) is 10.2. The van der Waals surface area contributed by atoms with E-state index in [-0.39, 0.29) is 11.8 Å². The average Bonchev–Trinajstić information content (AvgIpc) is 3.34. The molecule has 3 aromatic carbocycles. The van der Waals surface area contributed by atoms with E-state index in [1.165, 1.54) is 0 Å². The molecule has 0 bridgehead atoms. The van der Waals surface area contributed by atoms with Crippen LogP contribution in [0.2, 0.25) is 5.02 Å². The molecule has 7 nitrogen and oxygen atoms in total. The summed E-state index contributed by atoms with van der Waals surface area (Å²) in [5.41, 5.74) is 2.04. The van der Waals surface area contributed by atoms with Crippen LogP contribution in [0.15, 0.2) is 77.3 Å². The number of carbonyl (C=O) groups excluding carboxylic acids is 1. The maximum absolute atomic E-state index is 13.0. The number of halogens is 1. The van der Waals surface area contributed by atoms with Crippen LogP contribution in [0.5, 0.6) is 11.5 Å². The number of amides is 1. The highest BCUT2D eigenvalue weighted by Gasteiger charge is 2.24. The van der Waals surface area contributed by atoms with Crippen LogP contribution in [-0.4, -0.2) is 30.3 Å². The minimum absolute atomic E-state index is 0.274. The molecule has 1 heterocycles. The monoisotopic (exact) mass is 463 g/mol. The second kappa shape index (κ2) is 10.2. The van der Waals surface area contributed by atoms with Crippen molar-refractivity contribution in [1.29, 1.82) is 0 Å². The van der Waals surface area contributed by atoms with E-state index < -0.39 is 6.04 Å². The number of nitrogens with one attached hydrogen (secondary N) is 1. The van der Waals surface area contributed by atoms with E-state index in [2.05, 4.69) is 15.5 Å². The van der Waals surface area contributed by atoms with Gasteiger partial charge in [-0.15, -0.1) is 0 Å². The Hall–Kier alpha value is -3.84. The van der Waals surface area contributed by atoms with Crippen molar-refractivity contribution in [1.82, 2.24) is 15.5 Å². The van der Waals surface area contributed by atoms with Crippen molar-refractivity contribution >= 4 is 17.5 Å². The number of rotatable bonds is 8. The van der Waals surface area contributed by atoms with Gasteiger partial charge < -0.3 is 19.3 Å². The summed E-state index contributed by atoms with van der Waals surface area (Å²) >= 11 is 6.21. The number of hydrogen-bond donors (Lipinski definition) is 1. The first-order chi connectivity index (χ1) is 16.1. The van der Waals surface area contributed by atoms with Gasteiger partial charge in [0.1, 0.15) is 17.5 Å². The fraction of sp³-hybridized carbons (Fsp3) is 0.160. The van der Waals surface area contributed by atoms with Crippen molar-refractivity contribution in [2.24, 2.45) is 0 Å². The van der Waals surface area contributed by atoms with Crippen molar-refractivity contribution in [3.8, 4) is 22.9 Å². The summed E-state index contributed by atoms with van der Waals surface area (Å²) in [7, 11) is 3.14. The molecule has 4 rings (SSSR count). The van der Waals surface area contributed by atoms with Crippen LogP contribution < -0.4 is 14.8 Å². The topological polar surface area (TPSA) is 86.5 Å². The molecule has 1 aromatic heterocycles. The smallest absolute Gasteiger partial charge is 0.253 e. The zero-order valence-electron chi connectivity index (χ0n) is 18.1. The summed E-state index contributed by atoms with van der Waals surface area (Å²) in [5, 5.41) is 7.47. The highest BCUT2D eigenvalue weighted by atomic mass is 35.5. The highest BCUT2D eigenvalue weighted by molar-refractivity contribution is 6.33. The number of nitrogens with zero attached hydrogens (tertiary/aromatic N) is 2. The molecule has 4 aromatic rings. The number of ether oxygens (including phenoxy) is 2. The van der Waals surface area contributed by atoms with E-state index in [1.807, 2.05) is 30.3 Å². The number of carbonyl (C=O) groups is 1. The maximum Gasteiger partial charge on any atom is 0.253 e. The Balaban J connectivity index is 1.66. The molecule has 0 saturated carbocycles. The molecule has 0 aliphatic heterocycles. The minimum Gasteiger partial charge on any atom is -0.497 e. The number of benzene rings is 3. The Morgan fingerprint density at radius 1 is 1.00 bits per heavy atom. The lowest BCUT2D eigenvalue weighted by molar-refractivity contribution is 0.0928. The van der Waals surface area contributed by atoms with Crippen molar-refractivity contribution < 1.29 is 18.8 Å². The number of aromatic nitrogens is 2. The van der Waals surface area contributed by atoms with Crippen LogP contribution in [0.4, 0.5) is 0 Å². The van der Waals surface area contributed by atoms with Crippen LogP contribution in [-0.2, 0) is 6.42 Å². The summed E-state index contributed by atoms with van der Waals surface area (Å²) in [4.78, 5) is 17.5. The van der Waals surface area contributed by atoms with E-state index >= 15 is 0 Å². The van der Waals surface area contributed by atoms with Crippen molar-refractivity contribution in [2.75, 3.05) is 14.2 Å². The predicted octanol–water partition coefficient (Wildman–Crippen LogP) is 5.12. The van der Waals surface area contributed by atoms with Gasteiger partial charge in [0.05, 0.1) is 24.8 Å². The van der Waals surface area contributed by atoms with Gasteiger partial charge in [-0.2, -0.15) is 4.98 Å². The third-order valence-corrected chi connectivity index (χ3v) is 5.39. The van der Waals surface area contributed by atoms with Gasteiger partial charge in [0.25, 0.3) is 5.91 Å². The zero-order chi connectivity index (χ0) is 23.2. The molecule has 8 heteroatoms. The van der Waals surface area contributed by atoms with E-state index in [1.54, 1.807) is 56.7 Å². The maximum atomic E-state index is 13.0. The quantitative estimate of drug-likeness (QED) is 0.390. The standard InChI is InChI=1S/C25H22ClN3O4/c1-31-18-13-17(14-19(15-18)32-2)23-28-25(33-29-23)22(12-16-8-4-3-5-9-16)27-24(30)20-10-6-7-11-21(20)26/h3-11,13-15,22H,12H2,1-2H3,(H,27,30)/t22-/m0/s1. The summed E-state index contributed by atoms with van der Waals surface area (Å²) in [6, 6.07) is 21.4. The van der Waals surface area contributed by atoms with Crippen LogP contribution in [0, 0.1) is 0 Å². The van der Waals surface area contributed by atoms with Crippen molar-refractivity contribution in [3.05, 3.63) is 94.8 Å². The number of hydrogen-bond acceptors (Lipinski definition) is 6. The van der Waals surface area contributed by atoms with Gasteiger partial charge in [0, 0.05) is 18.1 Å². The van der Waals surface area contributed by atoms with Gasteiger partial charge in [-0.3, -0.25) is 4.79 Å². The Kier molecular flexibility index (Phi) is 6.90. The van der Waals surface area contributed by atoms with Crippen molar-refractivity contribution in [3.63, 3.8) is 0 Å². The minimum atomic E-state index is -0.565. The molecular weight excluding hydrogens is 442 g/mol. The lowest BCUT2D eigenvalue weighted by Gasteiger charge is -2.16. The number of methoxy groups -OCH3 is 2. The van der Waals surface area contributed by atoms with Gasteiger partial charge in [0.15, 0.2) is 0 Å². The molecular formula is C25H22ClN3O4. The Bertz CT molecular complexity index is 1220. The highest BCUT2D eigenvalue weighted by Crippen LogP contribution is 2.29. The molecule has 1 atom stereocenters. The summed E-state index contributed by atoms with van der Waals surface area (Å²) in [6.07, 6.45) is 0.458. The summed E-state index contributed by atoms with van der Waals surface area (Å²) < 4.78 is 16.2. The first-order valence-corrected chi connectivity index (χ1v) is 10.6. The second-order valence-corrected chi connectivity index (χ2v) is 7.66. The van der Waals surface area contributed by atoms with Crippen LogP contribution in [0.1, 0.15) is 27.9 Å². The normalized spacial score (nSPS) is 11.6. The Labute approximate surface area is 196 Å². The fourth-order valence-electron chi connectivity index (χ4n) is 3.36. The molecule has 0 spiro atoms. The van der Waals surface area contributed by atoms with E-state index in [0.29, 0.717) is 39.9 Å². The lowest BCUT2D eigenvalue weighted by atomic mass is 10.1. The van der Waals surface area contributed by atoms with E-state index in [4.69, 9.17) is 25.6 Å². The summed E-state index contributed by atoms with van der Waals surface area (Å²) in [6.45, 7) is 0. The van der Waals surface area contributed by atoms with Gasteiger partial charge in [-0.1, -0.05) is 59.2 Å². The molecule has 168 valence electrons. The van der Waals surface area contributed by atoms with Gasteiger partial charge in [-0.25, -0.2) is 0 Å². The van der Waals surface area contributed by atoms with Gasteiger partial charge in [-0.05, 0) is 29.8 Å². The molecule has 0 aliphatic rings.